The van der Waals surface area contributed by atoms with Crippen molar-refractivity contribution in [3.05, 3.63) is 178 Å². The van der Waals surface area contributed by atoms with Crippen molar-refractivity contribution in [1.29, 1.82) is 0 Å². The quantitative estimate of drug-likeness (QED) is 0.220. The maximum Gasteiger partial charge on any atom is 0.0560 e. The monoisotopic (exact) mass is 464 g/mol. The molecule has 176 valence electrons. The van der Waals surface area contributed by atoms with Crippen LogP contribution in [0.15, 0.2) is 140 Å². The first-order chi connectivity index (χ1) is 17.9. The van der Waals surface area contributed by atoms with Gasteiger partial charge in [-0.05, 0) is 64.6 Å². The summed E-state index contributed by atoms with van der Waals surface area (Å²) in [5.74, 6) is 0.109. The molecule has 0 spiro atoms. The Morgan fingerprint density at radius 2 is 0.861 bits per heavy atom. The fraction of sp³-hybridized carbons (Fsp3) is 0.167. The van der Waals surface area contributed by atoms with Gasteiger partial charge in [0, 0.05) is 5.92 Å². The summed E-state index contributed by atoms with van der Waals surface area (Å²) in [6.07, 6.45) is 4.97. The van der Waals surface area contributed by atoms with Crippen LogP contribution >= 0.6 is 0 Å². The maximum absolute atomic E-state index is 2.52. The fourth-order valence-electron chi connectivity index (χ4n) is 6.37. The third-order valence-corrected chi connectivity index (χ3v) is 7.96. The molecule has 0 saturated heterocycles. The van der Waals surface area contributed by atoms with Crippen molar-refractivity contribution in [3.8, 4) is 0 Å². The van der Waals surface area contributed by atoms with Gasteiger partial charge in [-0.1, -0.05) is 140 Å². The van der Waals surface area contributed by atoms with Crippen LogP contribution in [0.4, 0.5) is 0 Å². The summed E-state index contributed by atoms with van der Waals surface area (Å²) >= 11 is 0. The van der Waals surface area contributed by atoms with Gasteiger partial charge in [-0.25, -0.2) is 0 Å². The van der Waals surface area contributed by atoms with Gasteiger partial charge in [0.05, 0.1) is 5.41 Å². The minimum atomic E-state index is -0.395. The molecule has 0 aliphatic heterocycles. The van der Waals surface area contributed by atoms with Crippen LogP contribution in [-0.2, 0) is 18.3 Å². The minimum Gasteiger partial charge on any atom is -0.0622 e. The van der Waals surface area contributed by atoms with Crippen molar-refractivity contribution in [3.63, 3.8) is 0 Å². The van der Waals surface area contributed by atoms with Crippen LogP contribution in [0.5, 0.6) is 0 Å². The summed E-state index contributed by atoms with van der Waals surface area (Å²) in [5, 5.41) is 0. The molecule has 0 aromatic heterocycles. The zero-order valence-electron chi connectivity index (χ0n) is 20.7. The van der Waals surface area contributed by atoms with Crippen molar-refractivity contribution >= 4 is 0 Å². The molecular weight excluding hydrogens is 432 g/mol. The standard InChI is InChI=1S/C36H32/c1-5-16-29(17-6-1)35(31-26-25-28-15-13-14-18-30(28)27-31)36(32-19-7-2-8-20-32,33-21-9-3-10-22-33)34-23-11-4-12-24-34/h1-12,16-17,19-27,35H,13-15,18H2/t35-/m1/s1. The summed E-state index contributed by atoms with van der Waals surface area (Å²) in [6.45, 7) is 0. The van der Waals surface area contributed by atoms with Gasteiger partial charge >= 0.3 is 0 Å². The zero-order valence-corrected chi connectivity index (χ0v) is 20.7. The second-order valence-corrected chi connectivity index (χ2v) is 9.99. The Morgan fingerprint density at radius 1 is 0.417 bits per heavy atom. The molecule has 0 amide bonds. The van der Waals surface area contributed by atoms with Gasteiger partial charge < -0.3 is 0 Å². The predicted molar refractivity (Wildman–Crippen MR) is 151 cm³/mol. The second kappa shape index (κ2) is 9.99. The largest absolute Gasteiger partial charge is 0.0622 e. The first kappa shape index (κ1) is 22.6. The van der Waals surface area contributed by atoms with Gasteiger partial charge in [0.1, 0.15) is 0 Å². The Hall–Kier alpha value is -3.90. The fourth-order valence-corrected chi connectivity index (χ4v) is 6.37. The molecule has 1 atom stereocenters. The van der Waals surface area contributed by atoms with Crippen molar-refractivity contribution < 1.29 is 0 Å². The van der Waals surface area contributed by atoms with Gasteiger partial charge in [0.25, 0.3) is 0 Å². The van der Waals surface area contributed by atoms with E-state index in [0.29, 0.717) is 0 Å². The van der Waals surface area contributed by atoms with Crippen LogP contribution in [0.3, 0.4) is 0 Å². The van der Waals surface area contributed by atoms with E-state index in [1.807, 2.05) is 0 Å². The molecule has 36 heavy (non-hydrogen) atoms. The topological polar surface area (TPSA) is 0 Å². The highest BCUT2D eigenvalue weighted by molar-refractivity contribution is 5.58. The van der Waals surface area contributed by atoms with E-state index < -0.39 is 5.41 Å². The average molecular weight is 465 g/mol. The van der Waals surface area contributed by atoms with E-state index in [0.717, 1.165) is 0 Å². The lowest BCUT2D eigenvalue weighted by Gasteiger charge is -2.44. The van der Waals surface area contributed by atoms with E-state index in [1.54, 1.807) is 0 Å². The van der Waals surface area contributed by atoms with E-state index in [2.05, 4.69) is 140 Å². The Labute approximate surface area is 215 Å². The average Bonchev–Trinajstić information content (AvgIpc) is 2.97. The molecule has 5 aromatic rings. The Bertz CT molecular complexity index is 1310. The summed E-state index contributed by atoms with van der Waals surface area (Å²) in [6, 6.07) is 51.8. The SMILES string of the molecule is c1ccc([C@H](c2ccc3c(c2)CCCC3)C(c2ccccc2)(c2ccccc2)c2ccccc2)cc1. The third-order valence-electron chi connectivity index (χ3n) is 7.96. The van der Waals surface area contributed by atoms with Crippen LogP contribution in [0.2, 0.25) is 0 Å². The first-order valence-corrected chi connectivity index (χ1v) is 13.2. The number of aryl methyl sites for hydroxylation is 2. The lowest BCUT2D eigenvalue weighted by Crippen LogP contribution is -2.37. The Morgan fingerprint density at radius 3 is 1.36 bits per heavy atom. The van der Waals surface area contributed by atoms with Crippen LogP contribution in [-0.4, -0.2) is 0 Å². The predicted octanol–water partition coefficient (Wildman–Crippen LogP) is 8.73. The molecule has 0 fully saturated rings. The van der Waals surface area contributed by atoms with Crippen molar-refractivity contribution in [1.82, 2.24) is 0 Å². The van der Waals surface area contributed by atoms with Crippen molar-refractivity contribution in [2.45, 2.75) is 37.0 Å². The summed E-state index contributed by atoms with van der Waals surface area (Å²) in [7, 11) is 0. The van der Waals surface area contributed by atoms with Gasteiger partial charge in [0.15, 0.2) is 0 Å². The molecule has 0 unspecified atom stereocenters. The summed E-state index contributed by atoms with van der Waals surface area (Å²) < 4.78 is 0. The number of benzene rings is 5. The molecule has 6 rings (SSSR count). The highest BCUT2D eigenvalue weighted by Crippen LogP contribution is 2.52. The first-order valence-electron chi connectivity index (χ1n) is 13.2. The number of fused-ring (bicyclic) bond motifs is 1. The van der Waals surface area contributed by atoms with Crippen molar-refractivity contribution in [2.75, 3.05) is 0 Å². The smallest absolute Gasteiger partial charge is 0.0560 e. The van der Waals surface area contributed by atoms with Crippen LogP contribution in [0.25, 0.3) is 0 Å². The molecule has 1 aliphatic carbocycles. The molecule has 0 radical (unpaired) electrons. The molecule has 0 N–H and O–H groups in total. The molecule has 5 aromatic carbocycles. The van der Waals surface area contributed by atoms with Gasteiger partial charge in [-0.15, -0.1) is 0 Å². The lowest BCUT2D eigenvalue weighted by molar-refractivity contribution is 0.536. The van der Waals surface area contributed by atoms with Crippen molar-refractivity contribution in [2.24, 2.45) is 0 Å². The second-order valence-electron chi connectivity index (χ2n) is 9.99. The van der Waals surface area contributed by atoms with E-state index in [9.17, 15) is 0 Å². The Kier molecular flexibility index (Phi) is 6.26. The van der Waals surface area contributed by atoms with Gasteiger partial charge in [0.2, 0.25) is 0 Å². The number of rotatable bonds is 6. The van der Waals surface area contributed by atoms with E-state index in [1.165, 1.54) is 64.6 Å². The van der Waals surface area contributed by atoms with Gasteiger partial charge in [-0.2, -0.15) is 0 Å². The van der Waals surface area contributed by atoms with E-state index >= 15 is 0 Å². The molecule has 0 heterocycles. The highest BCUT2D eigenvalue weighted by atomic mass is 14.5. The summed E-state index contributed by atoms with van der Waals surface area (Å²) in [4.78, 5) is 0. The van der Waals surface area contributed by atoms with E-state index in [-0.39, 0.29) is 5.92 Å². The molecule has 0 saturated carbocycles. The van der Waals surface area contributed by atoms with E-state index in [4.69, 9.17) is 0 Å². The maximum atomic E-state index is 2.52. The molecule has 0 nitrogen and oxygen atoms in total. The van der Waals surface area contributed by atoms with Crippen LogP contribution in [0.1, 0.15) is 57.7 Å². The summed E-state index contributed by atoms with van der Waals surface area (Å²) in [5.41, 5.74) is 9.33. The molecule has 1 aliphatic rings. The molecule has 0 heteroatoms. The normalized spacial score (nSPS) is 14.1. The minimum absolute atomic E-state index is 0.109. The number of hydrogen-bond donors (Lipinski definition) is 0. The zero-order chi connectivity index (χ0) is 24.2. The van der Waals surface area contributed by atoms with Gasteiger partial charge in [-0.3, -0.25) is 0 Å². The molecule has 0 bridgehead atoms. The highest BCUT2D eigenvalue weighted by Gasteiger charge is 2.45. The lowest BCUT2D eigenvalue weighted by atomic mass is 9.58. The third kappa shape index (κ3) is 3.97. The number of hydrogen-bond acceptors (Lipinski definition) is 0. The van der Waals surface area contributed by atoms with Crippen LogP contribution < -0.4 is 0 Å². The Balaban J connectivity index is 1.73. The van der Waals surface area contributed by atoms with Crippen LogP contribution in [0, 0.1) is 0 Å². The molecular formula is C36H32.